The molecule has 0 bridgehead atoms. The fourth-order valence-corrected chi connectivity index (χ4v) is 3.06. The first kappa shape index (κ1) is 21.2. The highest BCUT2D eigenvalue weighted by Gasteiger charge is 2.72. The van der Waals surface area contributed by atoms with E-state index in [9.17, 15) is 26.3 Å². The predicted molar refractivity (Wildman–Crippen MR) is 87.2 cm³/mol. The van der Waals surface area contributed by atoms with Crippen LogP contribution in [0.3, 0.4) is 0 Å². The van der Waals surface area contributed by atoms with Gasteiger partial charge in [0.1, 0.15) is 0 Å². The van der Waals surface area contributed by atoms with Crippen LogP contribution in [-0.4, -0.2) is 26.6 Å². The topological polar surface area (TPSA) is 18.5 Å². The molecule has 0 saturated heterocycles. The van der Waals surface area contributed by atoms with E-state index >= 15 is 0 Å². The van der Waals surface area contributed by atoms with E-state index in [1.807, 2.05) is 0 Å². The van der Waals surface area contributed by atoms with Crippen molar-refractivity contribution in [2.24, 2.45) is 0 Å². The predicted octanol–water partition coefficient (Wildman–Crippen LogP) is 5.39. The van der Waals surface area contributed by atoms with Gasteiger partial charge in [-0.15, -0.1) is 0 Å². The van der Waals surface area contributed by atoms with E-state index in [-0.39, 0.29) is 18.8 Å². The van der Waals surface area contributed by atoms with Gasteiger partial charge < -0.3 is 9.47 Å². The Labute approximate surface area is 152 Å². The van der Waals surface area contributed by atoms with Crippen molar-refractivity contribution in [3.8, 4) is 0 Å². The SMILES string of the molecule is COCc1ccc(C(c2cccc(COC)c2)(C(F)(F)F)C(F)(F)F)cc1. The van der Waals surface area contributed by atoms with Crippen LogP contribution in [0.1, 0.15) is 22.3 Å². The van der Waals surface area contributed by atoms with E-state index in [1.54, 1.807) is 0 Å². The molecule has 0 N–H and O–H groups in total. The van der Waals surface area contributed by atoms with Gasteiger partial charge in [0, 0.05) is 14.2 Å². The highest BCUT2D eigenvalue weighted by Crippen LogP contribution is 2.56. The summed E-state index contributed by atoms with van der Waals surface area (Å²) in [6, 6.07) is 8.38. The van der Waals surface area contributed by atoms with Gasteiger partial charge in [0.05, 0.1) is 13.2 Å². The first-order valence-electron chi connectivity index (χ1n) is 7.88. The van der Waals surface area contributed by atoms with E-state index in [2.05, 4.69) is 0 Å². The largest absolute Gasteiger partial charge is 0.411 e. The van der Waals surface area contributed by atoms with Crippen LogP contribution in [0.4, 0.5) is 26.3 Å². The Morgan fingerprint density at radius 3 is 1.67 bits per heavy atom. The molecule has 0 unspecified atom stereocenters. The first-order valence-corrected chi connectivity index (χ1v) is 7.88. The quantitative estimate of drug-likeness (QED) is 0.614. The van der Waals surface area contributed by atoms with Crippen molar-refractivity contribution in [1.29, 1.82) is 0 Å². The van der Waals surface area contributed by atoms with Gasteiger partial charge in [0.15, 0.2) is 0 Å². The summed E-state index contributed by atoms with van der Waals surface area (Å²) in [6.07, 6.45) is -11.2. The summed E-state index contributed by atoms with van der Waals surface area (Å²) in [6.45, 7) is -0.0267. The zero-order chi connectivity index (χ0) is 20.3. The molecule has 0 aliphatic carbocycles. The molecule has 0 amide bonds. The van der Waals surface area contributed by atoms with Gasteiger partial charge in [-0.1, -0.05) is 48.5 Å². The van der Waals surface area contributed by atoms with Crippen LogP contribution in [0.5, 0.6) is 0 Å². The average molecular weight is 392 g/mol. The highest BCUT2D eigenvalue weighted by molar-refractivity contribution is 5.46. The van der Waals surface area contributed by atoms with Crippen LogP contribution in [0.25, 0.3) is 0 Å². The Balaban J connectivity index is 2.77. The molecule has 2 nitrogen and oxygen atoms in total. The fraction of sp³-hybridized carbons (Fsp3) is 0.368. The molecule has 2 rings (SSSR count). The van der Waals surface area contributed by atoms with Gasteiger partial charge in [-0.05, 0) is 22.3 Å². The fourth-order valence-electron chi connectivity index (χ4n) is 3.06. The second kappa shape index (κ2) is 7.90. The molecule has 0 radical (unpaired) electrons. The minimum absolute atomic E-state index is 0.0780. The molecule has 2 aromatic carbocycles. The summed E-state index contributed by atoms with van der Waals surface area (Å²) in [5.74, 6) is 0. The number of methoxy groups -OCH3 is 2. The third-order valence-electron chi connectivity index (χ3n) is 4.22. The molecule has 8 heteroatoms. The third-order valence-corrected chi connectivity index (χ3v) is 4.22. The van der Waals surface area contributed by atoms with E-state index in [1.165, 1.54) is 32.4 Å². The summed E-state index contributed by atoms with van der Waals surface area (Å²) >= 11 is 0. The normalized spacial score (nSPS) is 13.0. The number of ether oxygens (including phenoxy) is 2. The smallest absolute Gasteiger partial charge is 0.380 e. The Bertz CT molecular complexity index is 736. The molecule has 0 aromatic heterocycles. The van der Waals surface area contributed by atoms with Crippen molar-refractivity contribution >= 4 is 0 Å². The number of hydrogen-bond donors (Lipinski definition) is 0. The maximum absolute atomic E-state index is 14.0. The van der Waals surface area contributed by atoms with Crippen LogP contribution < -0.4 is 0 Å². The van der Waals surface area contributed by atoms with Gasteiger partial charge in [0.2, 0.25) is 5.41 Å². The van der Waals surface area contributed by atoms with Gasteiger partial charge in [0.25, 0.3) is 0 Å². The summed E-state index contributed by atoms with van der Waals surface area (Å²) < 4.78 is 93.9. The van der Waals surface area contributed by atoms with Gasteiger partial charge in [-0.25, -0.2) is 0 Å². The average Bonchev–Trinajstić information content (AvgIpc) is 2.55. The van der Waals surface area contributed by atoms with Gasteiger partial charge in [-0.2, -0.15) is 26.3 Å². The zero-order valence-electron chi connectivity index (χ0n) is 14.6. The van der Waals surface area contributed by atoms with Crippen LogP contribution >= 0.6 is 0 Å². The van der Waals surface area contributed by atoms with Gasteiger partial charge in [-0.3, -0.25) is 0 Å². The lowest BCUT2D eigenvalue weighted by Gasteiger charge is -2.38. The van der Waals surface area contributed by atoms with Crippen LogP contribution in [-0.2, 0) is 28.1 Å². The Hall–Kier alpha value is -2.06. The summed E-state index contributed by atoms with van der Waals surface area (Å²) in [4.78, 5) is 0. The monoisotopic (exact) mass is 392 g/mol. The van der Waals surface area contributed by atoms with E-state index < -0.39 is 28.9 Å². The maximum atomic E-state index is 14.0. The standard InChI is InChI=1S/C19H18F6O2/c1-26-11-13-6-8-15(9-7-13)17(18(20,21)22,19(23,24)25)16-5-3-4-14(10-16)12-27-2/h3-10H,11-12H2,1-2H3. The van der Waals surface area contributed by atoms with Crippen LogP contribution in [0.15, 0.2) is 48.5 Å². The Morgan fingerprint density at radius 1 is 0.667 bits per heavy atom. The van der Waals surface area contributed by atoms with Crippen molar-refractivity contribution in [3.63, 3.8) is 0 Å². The van der Waals surface area contributed by atoms with Crippen molar-refractivity contribution < 1.29 is 35.8 Å². The lowest BCUT2D eigenvalue weighted by molar-refractivity contribution is -0.288. The number of alkyl halides is 6. The summed E-state index contributed by atoms with van der Waals surface area (Å²) in [5, 5.41) is 0. The molecule has 0 aliphatic rings. The molecule has 0 aliphatic heterocycles. The maximum Gasteiger partial charge on any atom is 0.411 e. The molecular formula is C19H18F6O2. The van der Waals surface area contributed by atoms with Crippen LogP contribution in [0, 0.1) is 0 Å². The Morgan fingerprint density at radius 2 is 1.19 bits per heavy atom. The van der Waals surface area contributed by atoms with Crippen molar-refractivity contribution in [2.75, 3.05) is 14.2 Å². The Kier molecular flexibility index (Phi) is 6.21. The molecule has 0 saturated carbocycles. The third kappa shape index (κ3) is 3.96. The molecule has 0 fully saturated rings. The number of rotatable bonds is 6. The molecular weight excluding hydrogens is 374 g/mol. The van der Waals surface area contributed by atoms with E-state index in [0.717, 1.165) is 30.3 Å². The minimum atomic E-state index is -5.61. The highest BCUT2D eigenvalue weighted by atomic mass is 19.4. The summed E-state index contributed by atoms with van der Waals surface area (Å²) in [5.41, 5.74) is -5.29. The molecule has 0 spiro atoms. The molecule has 27 heavy (non-hydrogen) atoms. The number of benzene rings is 2. The number of hydrogen-bond acceptors (Lipinski definition) is 2. The second-order valence-corrected chi connectivity index (χ2v) is 6.01. The van der Waals surface area contributed by atoms with E-state index in [0.29, 0.717) is 5.56 Å². The molecule has 148 valence electrons. The second-order valence-electron chi connectivity index (χ2n) is 6.01. The van der Waals surface area contributed by atoms with Crippen LogP contribution in [0.2, 0.25) is 0 Å². The van der Waals surface area contributed by atoms with Crippen molar-refractivity contribution in [3.05, 3.63) is 70.8 Å². The zero-order valence-corrected chi connectivity index (χ0v) is 14.6. The minimum Gasteiger partial charge on any atom is -0.380 e. The summed E-state index contributed by atoms with van der Waals surface area (Å²) in [7, 11) is 2.69. The van der Waals surface area contributed by atoms with Crippen molar-refractivity contribution in [1.82, 2.24) is 0 Å². The van der Waals surface area contributed by atoms with Gasteiger partial charge >= 0.3 is 12.4 Å². The lowest BCUT2D eigenvalue weighted by atomic mass is 9.72. The molecule has 0 atom stereocenters. The first-order chi connectivity index (χ1) is 12.6. The van der Waals surface area contributed by atoms with E-state index in [4.69, 9.17) is 9.47 Å². The number of halogens is 6. The van der Waals surface area contributed by atoms with Crippen molar-refractivity contribution in [2.45, 2.75) is 31.0 Å². The molecule has 0 heterocycles. The lowest BCUT2D eigenvalue weighted by Crippen LogP contribution is -2.54. The molecule has 2 aromatic rings.